The number of fused-ring (bicyclic) bond motifs is 1. The topological polar surface area (TPSA) is 119 Å². The Morgan fingerprint density at radius 3 is 2.62 bits per heavy atom. The first kappa shape index (κ1) is 20.4. The molecule has 3 heterocycles. The van der Waals surface area contributed by atoms with Gasteiger partial charge in [-0.15, -0.1) is 10.2 Å². The minimum atomic E-state index is -3.81. The predicted octanol–water partition coefficient (Wildman–Crippen LogP) is 0.729. The number of sulfone groups is 1. The van der Waals surface area contributed by atoms with Crippen LogP contribution in [0.1, 0.15) is 22.6 Å². The van der Waals surface area contributed by atoms with Crippen LogP contribution in [-0.4, -0.2) is 65.6 Å². The maximum atomic E-state index is 12.6. The van der Waals surface area contributed by atoms with Crippen molar-refractivity contribution < 1.29 is 21.6 Å². The summed E-state index contributed by atoms with van der Waals surface area (Å²) in [5, 5.41) is 8.88. The van der Waals surface area contributed by atoms with E-state index in [9.17, 15) is 21.6 Å². The molecule has 2 aliphatic heterocycles. The molecule has 0 saturated carbocycles. The van der Waals surface area contributed by atoms with Crippen LogP contribution in [0, 0.1) is 5.92 Å². The Labute approximate surface area is 173 Å². The number of carbonyl (C=O) groups is 1. The summed E-state index contributed by atoms with van der Waals surface area (Å²) in [7, 11) is -4.95. The van der Waals surface area contributed by atoms with Gasteiger partial charge in [-0.05, 0) is 24.5 Å². The molecular weight excluding hydrogens is 436 g/mol. The third kappa shape index (κ3) is 3.80. The molecule has 9 nitrogen and oxygen atoms in total. The van der Waals surface area contributed by atoms with Crippen molar-refractivity contribution in [2.24, 2.45) is 13.0 Å². The van der Waals surface area contributed by atoms with Gasteiger partial charge in [-0.25, -0.2) is 21.1 Å². The lowest BCUT2D eigenvalue weighted by atomic mass is 10.1. The number of hydrogen-bond donors (Lipinski definition) is 0. The Morgan fingerprint density at radius 1 is 1.17 bits per heavy atom. The van der Waals surface area contributed by atoms with Crippen LogP contribution in [0.25, 0.3) is 0 Å². The normalized spacial score (nSPS) is 22.2. The molecule has 0 unspecified atom stereocenters. The summed E-state index contributed by atoms with van der Waals surface area (Å²) in [5.41, 5.74) is 0.199. The molecule has 0 spiro atoms. The van der Waals surface area contributed by atoms with Gasteiger partial charge in [-0.1, -0.05) is 23.9 Å². The lowest BCUT2D eigenvalue weighted by Gasteiger charge is -2.14. The fourth-order valence-electron chi connectivity index (χ4n) is 3.61. The van der Waals surface area contributed by atoms with Gasteiger partial charge in [-0.2, -0.15) is 0 Å². The van der Waals surface area contributed by atoms with Crippen LogP contribution in [0.3, 0.4) is 0 Å². The van der Waals surface area contributed by atoms with Crippen molar-refractivity contribution in [3.8, 4) is 0 Å². The first-order valence-electron chi connectivity index (χ1n) is 9.06. The molecule has 12 heteroatoms. The molecule has 1 amide bonds. The van der Waals surface area contributed by atoms with E-state index in [4.69, 9.17) is 0 Å². The zero-order valence-corrected chi connectivity index (χ0v) is 18.1. The number of hydrogen-bond acceptors (Lipinski definition) is 8. The van der Waals surface area contributed by atoms with Crippen LogP contribution in [0.5, 0.6) is 0 Å². The van der Waals surface area contributed by atoms with E-state index in [1.165, 1.54) is 23.9 Å². The highest BCUT2D eigenvalue weighted by Crippen LogP contribution is 2.30. The predicted molar refractivity (Wildman–Crippen MR) is 107 cm³/mol. The Hall–Kier alpha value is -1.92. The van der Waals surface area contributed by atoms with Gasteiger partial charge in [-0.3, -0.25) is 4.79 Å². The van der Waals surface area contributed by atoms with E-state index in [0.29, 0.717) is 29.6 Å². The van der Waals surface area contributed by atoms with E-state index in [-0.39, 0.29) is 34.4 Å². The van der Waals surface area contributed by atoms with Gasteiger partial charge in [0.15, 0.2) is 15.0 Å². The molecule has 1 atom stereocenters. The average Bonchev–Trinajstić information content (AvgIpc) is 3.25. The minimum absolute atomic E-state index is 0.0313. The highest BCUT2D eigenvalue weighted by atomic mass is 32.2. The summed E-state index contributed by atoms with van der Waals surface area (Å²) in [4.78, 5) is 12.5. The number of rotatable bonds is 6. The van der Waals surface area contributed by atoms with Gasteiger partial charge < -0.3 is 4.57 Å². The van der Waals surface area contributed by atoms with Crippen molar-refractivity contribution in [3.63, 3.8) is 0 Å². The van der Waals surface area contributed by atoms with Crippen molar-refractivity contribution in [1.82, 2.24) is 19.1 Å². The molecule has 1 aromatic carbocycles. The fourth-order valence-corrected chi connectivity index (χ4v) is 8.01. The van der Waals surface area contributed by atoms with Crippen molar-refractivity contribution in [2.75, 3.05) is 23.8 Å². The van der Waals surface area contributed by atoms with Gasteiger partial charge in [0, 0.05) is 25.8 Å². The molecule has 0 N–H and O–H groups in total. The SMILES string of the molecule is Cn1c(C[C@@H]2CCS(=O)(=O)C2)nnc1SCCN1C(=O)c2ccccc2S1(=O)=O. The fraction of sp³-hybridized carbons (Fsp3) is 0.471. The maximum Gasteiger partial charge on any atom is 0.269 e. The molecule has 2 aliphatic rings. The first-order valence-corrected chi connectivity index (χ1v) is 13.3. The molecule has 1 saturated heterocycles. The van der Waals surface area contributed by atoms with Crippen LogP contribution in [0.2, 0.25) is 0 Å². The summed E-state index contributed by atoms with van der Waals surface area (Å²) in [5.74, 6) is 0.971. The van der Waals surface area contributed by atoms with Crippen molar-refractivity contribution in [1.29, 1.82) is 0 Å². The Bertz CT molecular complexity index is 1170. The monoisotopic (exact) mass is 456 g/mol. The molecule has 1 aromatic heterocycles. The van der Waals surface area contributed by atoms with E-state index in [1.54, 1.807) is 23.7 Å². The first-order chi connectivity index (χ1) is 13.7. The van der Waals surface area contributed by atoms with Gasteiger partial charge >= 0.3 is 0 Å². The Balaban J connectivity index is 1.38. The van der Waals surface area contributed by atoms with Gasteiger partial charge in [0.05, 0.1) is 17.1 Å². The molecule has 29 heavy (non-hydrogen) atoms. The van der Waals surface area contributed by atoms with E-state index in [2.05, 4.69) is 10.2 Å². The van der Waals surface area contributed by atoms with Gasteiger partial charge in [0.2, 0.25) is 0 Å². The molecule has 2 aromatic rings. The molecule has 1 fully saturated rings. The van der Waals surface area contributed by atoms with Crippen molar-refractivity contribution >= 4 is 37.5 Å². The van der Waals surface area contributed by atoms with E-state index < -0.39 is 25.8 Å². The van der Waals surface area contributed by atoms with Crippen molar-refractivity contribution in [3.05, 3.63) is 35.7 Å². The van der Waals surface area contributed by atoms with Crippen LogP contribution >= 0.6 is 11.8 Å². The second kappa shape index (κ2) is 7.40. The summed E-state index contributed by atoms with van der Waals surface area (Å²) in [6.07, 6.45) is 1.17. The zero-order valence-electron chi connectivity index (χ0n) is 15.7. The summed E-state index contributed by atoms with van der Waals surface area (Å²) >= 11 is 1.31. The van der Waals surface area contributed by atoms with Gasteiger partial charge in [0.1, 0.15) is 10.7 Å². The second-order valence-corrected chi connectivity index (χ2v) is 12.3. The van der Waals surface area contributed by atoms with Crippen LogP contribution in [0.15, 0.2) is 34.3 Å². The maximum absolute atomic E-state index is 12.6. The minimum Gasteiger partial charge on any atom is -0.309 e. The number of aromatic nitrogens is 3. The molecular formula is C17H20N4O5S3. The van der Waals surface area contributed by atoms with Crippen LogP contribution in [0.4, 0.5) is 0 Å². The highest BCUT2D eigenvalue weighted by Gasteiger charge is 2.40. The summed E-state index contributed by atoms with van der Waals surface area (Å²) < 4.78 is 51.1. The molecule has 0 bridgehead atoms. The standard InChI is InChI=1S/C17H20N4O5S3/c1-20-15(10-12-6-9-28(23,24)11-12)18-19-17(20)27-8-7-21-16(22)13-4-2-3-5-14(13)29(21,25)26/h2-5,12H,6-11H2,1H3/t12-/m0/s1. The largest absolute Gasteiger partial charge is 0.309 e. The van der Waals surface area contributed by atoms with Crippen molar-refractivity contribution in [2.45, 2.75) is 22.9 Å². The number of amides is 1. The lowest BCUT2D eigenvalue weighted by Crippen LogP contribution is -2.32. The average molecular weight is 457 g/mol. The van der Waals surface area contributed by atoms with E-state index >= 15 is 0 Å². The Kier molecular flexibility index (Phi) is 5.20. The van der Waals surface area contributed by atoms with E-state index in [1.807, 2.05) is 0 Å². The number of nitrogens with zero attached hydrogens (tertiary/aromatic N) is 4. The lowest BCUT2D eigenvalue weighted by molar-refractivity contribution is 0.0876. The smallest absolute Gasteiger partial charge is 0.269 e. The second-order valence-electron chi connectivity index (χ2n) is 7.16. The number of benzene rings is 1. The third-order valence-corrected chi connectivity index (χ3v) is 9.84. The number of carbonyl (C=O) groups excluding carboxylic acids is 1. The molecule has 0 radical (unpaired) electrons. The Morgan fingerprint density at radius 2 is 1.93 bits per heavy atom. The number of thioether (sulfide) groups is 1. The molecule has 4 rings (SSSR count). The molecule has 0 aliphatic carbocycles. The summed E-state index contributed by atoms with van der Waals surface area (Å²) in [6, 6.07) is 6.19. The van der Waals surface area contributed by atoms with E-state index in [0.717, 1.165) is 4.31 Å². The van der Waals surface area contributed by atoms with Gasteiger partial charge in [0.25, 0.3) is 15.9 Å². The summed E-state index contributed by atoms with van der Waals surface area (Å²) in [6.45, 7) is 0.0313. The van der Waals surface area contributed by atoms with Crippen LogP contribution < -0.4 is 0 Å². The molecule has 156 valence electrons. The quantitative estimate of drug-likeness (QED) is 0.584. The van der Waals surface area contributed by atoms with Crippen LogP contribution in [-0.2, 0) is 33.3 Å². The highest BCUT2D eigenvalue weighted by molar-refractivity contribution is 7.99. The third-order valence-electron chi connectivity index (χ3n) is 5.16. The zero-order chi connectivity index (χ0) is 20.8. The number of sulfonamides is 1.